The van der Waals surface area contributed by atoms with Crippen molar-refractivity contribution in [3.05, 3.63) is 27.7 Å². The molecule has 0 saturated heterocycles. The van der Waals surface area contributed by atoms with Gasteiger partial charge < -0.3 is 9.84 Å². The van der Waals surface area contributed by atoms with E-state index in [1.165, 1.54) is 6.07 Å². The SMILES string of the molecule is COCc1cc(O)c(C=O)cc1Br. The second-order valence-electron chi connectivity index (χ2n) is 2.55. The zero-order chi connectivity index (χ0) is 9.84. The average molecular weight is 245 g/mol. The predicted molar refractivity (Wildman–Crippen MR) is 51.9 cm³/mol. The van der Waals surface area contributed by atoms with Crippen molar-refractivity contribution < 1.29 is 14.6 Å². The zero-order valence-corrected chi connectivity index (χ0v) is 8.67. The molecule has 0 atom stereocenters. The normalized spacial score (nSPS) is 10.0. The molecule has 0 saturated carbocycles. The second kappa shape index (κ2) is 4.39. The van der Waals surface area contributed by atoms with Gasteiger partial charge in [0.05, 0.1) is 12.2 Å². The Morgan fingerprint density at radius 3 is 2.85 bits per heavy atom. The maximum absolute atomic E-state index is 10.4. The van der Waals surface area contributed by atoms with Crippen LogP contribution in [0.5, 0.6) is 5.75 Å². The van der Waals surface area contributed by atoms with Crippen LogP contribution in [0.3, 0.4) is 0 Å². The van der Waals surface area contributed by atoms with Gasteiger partial charge in [0.25, 0.3) is 0 Å². The highest BCUT2D eigenvalue weighted by atomic mass is 79.9. The number of methoxy groups -OCH3 is 1. The first-order chi connectivity index (χ1) is 6.19. The van der Waals surface area contributed by atoms with Crippen LogP contribution in [-0.4, -0.2) is 18.5 Å². The van der Waals surface area contributed by atoms with Crippen LogP contribution in [0.15, 0.2) is 16.6 Å². The Kier molecular flexibility index (Phi) is 3.45. The Bertz CT molecular complexity index is 323. The van der Waals surface area contributed by atoms with Gasteiger partial charge in [0.1, 0.15) is 5.75 Å². The zero-order valence-electron chi connectivity index (χ0n) is 7.08. The number of carbonyl (C=O) groups excluding carboxylic acids is 1. The number of phenolic OH excluding ortho intramolecular Hbond substituents is 1. The monoisotopic (exact) mass is 244 g/mol. The number of halogens is 1. The maximum atomic E-state index is 10.4. The van der Waals surface area contributed by atoms with Crippen LogP contribution < -0.4 is 0 Å². The quantitative estimate of drug-likeness (QED) is 0.829. The van der Waals surface area contributed by atoms with Crippen molar-refractivity contribution in [2.75, 3.05) is 7.11 Å². The van der Waals surface area contributed by atoms with E-state index in [1.807, 2.05) is 0 Å². The number of hydrogen-bond acceptors (Lipinski definition) is 3. The molecule has 13 heavy (non-hydrogen) atoms. The van der Waals surface area contributed by atoms with E-state index in [-0.39, 0.29) is 11.3 Å². The highest BCUT2D eigenvalue weighted by Crippen LogP contribution is 2.25. The smallest absolute Gasteiger partial charge is 0.153 e. The number of benzene rings is 1. The number of phenols is 1. The first kappa shape index (κ1) is 10.2. The van der Waals surface area contributed by atoms with Gasteiger partial charge in [-0.25, -0.2) is 0 Å². The lowest BCUT2D eigenvalue weighted by molar-refractivity contribution is 0.112. The minimum absolute atomic E-state index is 0.0229. The van der Waals surface area contributed by atoms with Gasteiger partial charge in [-0.2, -0.15) is 0 Å². The first-order valence-electron chi connectivity index (χ1n) is 3.64. The highest BCUT2D eigenvalue weighted by Gasteiger charge is 2.06. The summed E-state index contributed by atoms with van der Waals surface area (Å²) in [5.74, 6) is -0.0229. The van der Waals surface area contributed by atoms with Crippen molar-refractivity contribution in [1.29, 1.82) is 0 Å². The summed E-state index contributed by atoms with van der Waals surface area (Å²) in [4.78, 5) is 10.4. The largest absolute Gasteiger partial charge is 0.507 e. The van der Waals surface area contributed by atoms with Crippen LogP contribution in [-0.2, 0) is 11.3 Å². The molecule has 0 bridgehead atoms. The summed E-state index contributed by atoms with van der Waals surface area (Å²) in [6.07, 6.45) is 0.608. The number of hydrogen-bond donors (Lipinski definition) is 1. The Labute approximate surface area is 84.5 Å². The van der Waals surface area contributed by atoms with Gasteiger partial charge in [-0.3, -0.25) is 4.79 Å². The molecular formula is C9H9BrO3. The Balaban J connectivity index is 3.12. The molecule has 0 aliphatic carbocycles. The van der Waals surface area contributed by atoms with Crippen molar-refractivity contribution >= 4 is 22.2 Å². The van der Waals surface area contributed by atoms with Gasteiger partial charge in [0, 0.05) is 11.6 Å². The average Bonchev–Trinajstić information content (AvgIpc) is 2.11. The van der Waals surface area contributed by atoms with E-state index < -0.39 is 0 Å². The molecular weight excluding hydrogens is 236 g/mol. The van der Waals surface area contributed by atoms with E-state index in [0.29, 0.717) is 12.9 Å². The van der Waals surface area contributed by atoms with Crippen molar-refractivity contribution in [3.8, 4) is 5.75 Å². The molecule has 0 heterocycles. The first-order valence-corrected chi connectivity index (χ1v) is 4.44. The number of rotatable bonds is 3. The van der Waals surface area contributed by atoms with E-state index in [2.05, 4.69) is 15.9 Å². The third-order valence-corrected chi connectivity index (χ3v) is 2.36. The molecule has 1 N–H and O–H groups in total. The predicted octanol–water partition coefficient (Wildman–Crippen LogP) is 2.11. The summed E-state index contributed by atoms with van der Waals surface area (Å²) in [5, 5.41) is 9.33. The Morgan fingerprint density at radius 1 is 1.62 bits per heavy atom. The summed E-state index contributed by atoms with van der Waals surface area (Å²) in [6.45, 7) is 0.396. The molecule has 0 fully saturated rings. The van der Waals surface area contributed by atoms with E-state index in [0.717, 1.165) is 10.0 Å². The van der Waals surface area contributed by atoms with Crippen LogP contribution in [0, 0.1) is 0 Å². The summed E-state index contributed by atoms with van der Waals surface area (Å²) in [5.41, 5.74) is 1.08. The molecule has 0 radical (unpaired) electrons. The molecule has 70 valence electrons. The topological polar surface area (TPSA) is 46.5 Å². The molecule has 0 aromatic heterocycles. The van der Waals surface area contributed by atoms with Gasteiger partial charge in [-0.1, -0.05) is 15.9 Å². The van der Waals surface area contributed by atoms with Crippen LogP contribution in [0.2, 0.25) is 0 Å². The van der Waals surface area contributed by atoms with Gasteiger partial charge in [0.2, 0.25) is 0 Å². The van der Waals surface area contributed by atoms with E-state index in [4.69, 9.17) is 4.74 Å². The van der Waals surface area contributed by atoms with Gasteiger partial charge in [-0.15, -0.1) is 0 Å². The molecule has 1 aromatic rings. The van der Waals surface area contributed by atoms with Crippen LogP contribution in [0.4, 0.5) is 0 Å². The lowest BCUT2D eigenvalue weighted by atomic mass is 10.1. The van der Waals surface area contributed by atoms with Gasteiger partial charge in [0.15, 0.2) is 6.29 Å². The molecule has 0 unspecified atom stereocenters. The molecule has 0 amide bonds. The molecule has 3 nitrogen and oxygen atoms in total. The minimum atomic E-state index is -0.0229. The molecule has 1 aromatic carbocycles. The number of ether oxygens (including phenoxy) is 1. The van der Waals surface area contributed by atoms with Gasteiger partial charge >= 0.3 is 0 Å². The fourth-order valence-electron chi connectivity index (χ4n) is 0.981. The standard InChI is InChI=1S/C9H9BrO3/c1-13-5-7-3-9(12)6(4-11)2-8(7)10/h2-4,12H,5H2,1H3. The van der Waals surface area contributed by atoms with Gasteiger partial charge in [-0.05, 0) is 17.7 Å². The highest BCUT2D eigenvalue weighted by molar-refractivity contribution is 9.10. The van der Waals surface area contributed by atoms with E-state index in [9.17, 15) is 9.90 Å². The van der Waals surface area contributed by atoms with Crippen molar-refractivity contribution in [3.63, 3.8) is 0 Å². The van der Waals surface area contributed by atoms with Crippen molar-refractivity contribution in [2.45, 2.75) is 6.61 Å². The summed E-state index contributed by atoms with van der Waals surface area (Å²) >= 11 is 3.27. The van der Waals surface area contributed by atoms with E-state index in [1.54, 1.807) is 13.2 Å². The second-order valence-corrected chi connectivity index (χ2v) is 3.41. The fraction of sp³-hybridized carbons (Fsp3) is 0.222. The fourth-order valence-corrected chi connectivity index (χ4v) is 1.46. The molecule has 1 rings (SSSR count). The van der Waals surface area contributed by atoms with Crippen LogP contribution in [0.25, 0.3) is 0 Å². The minimum Gasteiger partial charge on any atom is -0.507 e. The van der Waals surface area contributed by atoms with E-state index >= 15 is 0 Å². The number of aldehydes is 1. The summed E-state index contributed by atoms with van der Waals surface area (Å²) < 4.78 is 5.67. The number of aromatic hydroxyl groups is 1. The van der Waals surface area contributed by atoms with Crippen LogP contribution >= 0.6 is 15.9 Å². The molecule has 0 aliphatic heterocycles. The van der Waals surface area contributed by atoms with Crippen molar-refractivity contribution in [2.24, 2.45) is 0 Å². The molecule has 0 aliphatic rings. The summed E-state index contributed by atoms with van der Waals surface area (Å²) in [6, 6.07) is 3.08. The summed E-state index contributed by atoms with van der Waals surface area (Å²) in [7, 11) is 1.57. The number of carbonyl (C=O) groups is 1. The maximum Gasteiger partial charge on any atom is 0.153 e. The third-order valence-electron chi connectivity index (χ3n) is 1.62. The molecule has 4 heteroatoms. The Hall–Kier alpha value is -0.870. The van der Waals surface area contributed by atoms with Crippen molar-refractivity contribution in [1.82, 2.24) is 0 Å². The lowest BCUT2D eigenvalue weighted by Gasteiger charge is -2.05. The molecule has 0 spiro atoms. The lowest BCUT2D eigenvalue weighted by Crippen LogP contribution is -1.91. The third kappa shape index (κ3) is 2.29. The van der Waals surface area contributed by atoms with Crippen LogP contribution in [0.1, 0.15) is 15.9 Å². The Morgan fingerprint density at radius 2 is 2.31 bits per heavy atom.